The fourth-order valence-corrected chi connectivity index (χ4v) is 5.70. The van der Waals surface area contributed by atoms with Gasteiger partial charge in [0.2, 0.25) is 0 Å². The SMILES string of the molecule is CCN(c1cc(Cl)cc(C(=O)NCc2c(C)cc3nc(C)[nH]n3c2=O)c1C)C1CCC(N(C)C)CC1. The molecule has 3 aromatic rings. The Morgan fingerprint density at radius 1 is 1.14 bits per heavy atom. The van der Waals surface area contributed by atoms with Gasteiger partial charge in [-0.3, -0.25) is 14.7 Å². The summed E-state index contributed by atoms with van der Waals surface area (Å²) < 4.78 is 1.41. The summed E-state index contributed by atoms with van der Waals surface area (Å²) >= 11 is 6.53. The molecule has 0 radical (unpaired) electrons. The third-order valence-electron chi connectivity index (χ3n) is 7.57. The normalized spacial score (nSPS) is 18.1. The third kappa shape index (κ3) is 5.15. The van der Waals surface area contributed by atoms with Crippen molar-refractivity contribution in [3.05, 3.63) is 61.7 Å². The van der Waals surface area contributed by atoms with Gasteiger partial charge < -0.3 is 15.1 Å². The predicted molar refractivity (Wildman–Crippen MR) is 145 cm³/mol. The second-order valence-electron chi connectivity index (χ2n) is 10.1. The Bertz CT molecular complexity index is 1320. The number of halogens is 1. The number of fused-ring (bicyclic) bond motifs is 1. The van der Waals surface area contributed by atoms with Crippen molar-refractivity contribution in [3.8, 4) is 0 Å². The molecule has 1 aliphatic rings. The van der Waals surface area contributed by atoms with Gasteiger partial charge in [0, 0.05) is 47.0 Å². The molecule has 1 amide bonds. The number of aromatic amines is 1. The van der Waals surface area contributed by atoms with E-state index in [1.165, 1.54) is 4.52 Å². The van der Waals surface area contributed by atoms with Gasteiger partial charge in [0.1, 0.15) is 5.82 Å². The molecular formula is C27H37ClN6O2. The van der Waals surface area contributed by atoms with Crippen LogP contribution in [0.4, 0.5) is 5.69 Å². The highest BCUT2D eigenvalue weighted by Crippen LogP contribution is 2.34. The average molecular weight is 513 g/mol. The van der Waals surface area contributed by atoms with E-state index in [4.69, 9.17) is 11.6 Å². The van der Waals surface area contributed by atoms with Crippen molar-refractivity contribution in [1.29, 1.82) is 0 Å². The van der Waals surface area contributed by atoms with Crippen LogP contribution in [0.1, 0.15) is 65.5 Å². The number of aromatic nitrogens is 3. The first-order valence-corrected chi connectivity index (χ1v) is 13.1. The molecule has 0 aliphatic heterocycles. The number of amides is 1. The Morgan fingerprint density at radius 3 is 2.44 bits per heavy atom. The lowest BCUT2D eigenvalue weighted by atomic mass is 9.89. The molecule has 2 N–H and O–H groups in total. The lowest BCUT2D eigenvalue weighted by Gasteiger charge is -2.40. The van der Waals surface area contributed by atoms with E-state index in [0.29, 0.717) is 39.7 Å². The summed E-state index contributed by atoms with van der Waals surface area (Å²) in [4.78, 5) is 35.3. The number of nitrogens with one attached hydrogen (secondary N) is 2. The number of rotatable bonds is 7. The number of hydrogen-bond donors (Lipinski definition) is 2. The van der Waals surface area contributed by atoms with Gasteiger partial charge in [-0.15, -0.1) is 0 Å². The van der Waals surface area contributed by atoms with Crippen molar-refractivity contribution >= 4 is 28.8 Å². The van der Waals surface area contributed by atoms with Gasteiger partial charge in [-0.25, -0.2) is 4.98 Å². The van der Waals surface area contributed by atoms with Crippen LogP contribution in [0.3, 0.4) is 0 Å². The lowest BCUT2D eigenvalue weighted by Crippen LogP contribution is -2.42. The van der Waals surface area contributed by atoms with E-state index in [1.807, 2.05) is 26.0 Å². The van der Waals surface area contributed by atoms with Gasteiger partial charge in [0.15, 0.2) is 5.65 Å². The summed E-state index contributed by atoms with van der Waals surface area (Å²) in [5, 5.41) is 6.43. The van der Waals surface area contributed by atoms with Crippen molar-refractivity contribution in [2.45, 2.75) is 72.0 Å². The van der Waals surface area contributed by atoms with Crippen LogP contribution in [0, 0.1) is 20.8 Å². The maximum Gasteiger partial charge on any atom is 0.276 e. The molecule has 0 bridgehead atoms. The number of carbonyl (C=O) groups is 1. The van der Waals surface area contributed by atoms with E-state index in [0.717, 1.165) is 49.0 Å². The average Bonchev–Trinajstić information content (AvgIpc) is 3.21. The second kappa shape index (κ2) is 10.6. The molecule has 1 aliphatic carbocycles. The highest BCUT2D eigenvalue weighted by molar-refractivity contribution is 6.31. The monoisotopic (exact) mass is 512 g/mol. The predicted octanol–water partition coefficient (Wildman–Crippen LogP) is 4.23. The van der Waals surface area contributed by atoms with Crippen LogP contribution >= 0.6 is 11.6 Å². The van der Waals surface area contributed by atoms with Crippen LogP contribution in [0.25, 0.3) is 5.65 Å². The quantitative estimate of drug-likeness (QED) is 0.495. The molecule has 4 rings (SSSR count). The second-order valence-corrected chi connectivity index (χ2v) is 10.5. The highest BCUT2D eigenvalue weighted by atomic mass is 35.5. The molecule has 0 unspecified atom stereocenters. The molecule has 0 atom stereocenters. The molecule has 1 aromatic carbocycles. The number of anilines is 1. The molecule has 0 spiro atoms. The number of carbonyl (C=O) groups excluding carboxylic acids is 1. The molecule has 9 heteroatoms. The number of H-pyrrole nitrogens is 1. The number of benzene rings is 1. The summed E-state index contributed by atoms with van der Waals surface area (Å²) in [6.45, 7) is 8.77. The Kier molecular flexibility index (Phi) is 7.76. The van der Waals surface area contributed by atoms with Gasteiger partial charge in [0.25, 0.3) is 11.5 Å². The molecule has 2 aromatic heterocycles. The van der Waals surface area contributed by atoms with Crippen molar-refractivity contribution in [3.63, 3.8) is 0 Å². The minimum atomic E-state index is -0.242. The summed E-state index contributed by atoms with van der Waals surface area (Å²) in [7, 11) is 4.30. The smallest absolute Gasteiger partial charge is 0.276 e. The molecular weight excluding hydrogens is 476 g/mol. The van der Waals surface area contributed by atoms with E-state index >= 15 is 0 Å². The van der Waals surface area contributed by atoms with E-state index in [9.17, 15) is 9.59 Å². The first kappa shape index (κ1) is 26.2. The van der Waals surface area contributed by atoms with Crippen LogP contribution < -0.4 is 15.8 Å². The molecule has 0 saturated heterocycles. The van der Waals surface area contributed by atoms with Gasteiger partial charge in [-0.2, -0.15) is 4.52 Å². The van der Waals surface area contributed by atoms with Crippen LogP contribution in [-0.2, 0) is 6.54 Å². The van der Waals surface area contributed by atoms with E-state index in [1.54, 1.807) is 13.0 Å². The molecule has 8 nitrogen and oxygen atoms in total. The minimum Gasteiger partial charge on any atom is -0.369 e. The number of hydrogen-bond acceptors (Lipinski definition) is 5. The zero-order chi connectivity index (χ0) is 26.1. The highest BCUT2D eigenvalue weighted by Gasteiger charge is 2.28. The maximum atomic E-state index is 13.3. The van der Waals surface area contributed by atoms with E-state index in [-0.39, 0.29) is 18.0 Å². The van der Waals surface area contributed by atoms with E-state index < -0.39 is 0 Å². The van der Waals surface area contributed by atoms with Gasteiger partial charge >= 0.3 is 0 Å². The zero-order valence-corrected chi connectivity index (χ0v) is 22.9. The summed E-state index contributed by atoms with van der Waals surface area (Å²) in [6, 6.07) is 6.58. The summed E-state index contributed by atoms with van der Waals surface area (Å²) in [6.07, 6.45) is 4.55. The van der Waals surface area contributed by atoms with Crippen molar-refractivity contribution in [2.75, 3.05) is 25.5 Å². The zero-order valence-electron chi connectivity index (χ0n) is 22.1. The van der Waals surface area contributed by atoms with Crippen molar-refractivity contribution < 1.29 is 4.79 Å². The fraction of sp³-hybridized carbons (Fsp3) is 0.519. The van der Waals surface area contributed by atoms with E-state index in [2.05, 4.69) is 46.2 Å². The molecule has 1 saturated carbocycles. The van der Waals surface area contributed by atoms with Crippen LogP contribution in [0.2, 0.25) is 5.02 Å². The summed E-state index contributed by atoms with van der Waals surface area (Å²) in [5.74, 6) is 0.416. The lowest BCUT2D eigenvalue weighted by molar-refractivity contribution is 0.0950. The Morgan fingerprint density at radius 2 is 1.81 bits per heavy atom. The van der Waals surface area contributed by atoms with Crippen LogP contribution in [0.15, 0.2) is 23.0 Å². The molecule has 1 fully saturated rings. The standard InChI is InChI=1S/C27H37ClN6O2/c1-7-33(21-10-8-20(9-11-21)32(5)6)24-14-19(28)13-22(17(24)3)26(35)29-15-23-16(2)12-25-30-18(4)31-34(25)27(23)36/h12-14,20-21H,7-11,15H2,1-6H3,(H,29,35)(H,30,31). The van der Waals surface area contributed by atoms with Gasteiger partial charge in [-0.1, -0.05) is 11.6 Å². The first-order chi connectivity index (χ1) is 17.1. The maximum absolute atomic E-state index is 13.3. The summed E-state index contributed by atoms with van der Waals surface area (Å²) in [5.41, 5.74) is 4.13. The van der Waals surface area contributed by atoms with Crippen molar-refractivity contribution in [1.82, 2.24) is 24.8 Å². The topological polar surface area (TPSA) is 85.7 Å². The largest absolute Gasteiger partial charge is 0.369 e. The molecule has 194 valence electrons. The molecule has 36 heavy (non-hydrogen) atoms. The third-order valence-corrected chi connectivity index (χ3v) is 7.79. The number of nitrogens with zero attached hydrogens (tertiary/aromatic N) is 4. The Hall–Kier alpha value is -2.84. The van der Waals surface area contributed by atoms with Gasteiger partial charge in [-0.05, 0) is 96.8 Å². The number of pyridine rings is 1. The Balaban J connectivity index is 1.56. The first-order valence-electron chi connectivity index (χ1n) is 12.7. The number of aryl methyl sites for hydroxylation is 2. The fourth-order valence-electron chi connectivity index (χ4n) is 5.49. The molecule has 2 heterocycles. The van der Waals surface area contributed by atoms with Crippen LogP contribution in [0.5, 0.6) is 0 Å². The minimum absolute atomic E-state index is 0.123. The van der Waals surface area contributed by atoms with Crippen LogP contribution in [-0.4, -0.2) is 58.1 Å². The van der Waals surface area contributed by atoms with Crippen molar-refractivity contribution in [2.24, 2.45) is 0 Å². The van der Waals surface area contributed by atoms with Gasteiger partial charge in [0.05, 0.1) is 0 Å². The Labute approximate surface area is 217 Å².